The number of phenolic OH excluding ortho intramolecular Hbond substituents is 1. The number of hydrogen-bond donors (Lipinski definition) is 1. The van der Waals surface area contributed by atoms with Gasteiger partial charge in [0.2, 0.25) is 5.89 Å². The molecule has 0 spiro atoms. The predicted octanol–water partition coefficient (Wildman–Crippen LogP) is 5.76. The van der Waals surface area contributed by atoms with Crippen LogP contribution in [0.4, 0.5) is 15.8 Å². The van der Waals surface area contributed by atoms with E-state index in [1.54, 1.807) is 30.3 Å². The quantitative estimate of drug-likeness (QED) is 0.239. The molecule has 3 aromatic carbocycles. The molecule has 0 unspecified atom stereocenters. The highest BCUT2D eigenvalue weighted by Gasteiger charge is 2.14. The Hall–Kier alpha value is -3.59. The molecule has 4 rings (SSSR count). The fourth-order valence-corrected chi connectivity index (χ4v) is 3.16. The molecule has 0 saturated heterocycles. The molecule has 0 saturated carbocycles. The highest BCUT2D eigenvalue weighted by atomic mass is 79.9. The minimum atomic E-state index is -0.559. The lowest BCUT2D eigenvalue weighted by atomic mass is 10.2. The van der Waals surface area contributed by atoms with Crippen LogP contribution in [-0.4, -0.2) is 21.2 Å². The molecule has 0 aliphatic rings. The first-order valence-electron chi connectivity index (χ1n) is 8.28. The summed E-state index contributed by atoms with van der Waals surface area (Å²) >= 11 is 3.09. The molecule has 0 radical (unpaired) electrons. The van der Waals surface area contributed by atoms with E-state index < -0.39 is 10.7 Å². The van der Waals surface area contributed by atoms with Gasteiger partial charge in [-0.2, -0.15) is 0 Å². The van der Waals surface area contributed by atoms with E-state index in [1.165, 1.54) is 30.5 Å². The number of nitro groups is 1. The molecule has 1 aromatic heterocycles. The highest BCUT2D eigenvalue weighted by Crippen LogP contribution is 2.32. The molecule has 144 valence electrons. The Labute approximate surface area is 171 Å². The van der Waals surface area contributed by atoms with E-state index in [9.17, 15) is 19.6 Å². The number of rotatable bonds is 4. The number of non-ortho nitro benzene ring substituents is 1. The minimum Gasteiger partial charge on any atom is -0.506 e. The number of fused-ring (bicyclic) bond motifs is 1. The number of aromatic hydroxyl groups is 1. The fraction of sp³-hybridized carbons (Fsp3) is 0. The van der Waals surface area contributed by atoms with Gasteiger partial charge < -0.3 is 9.52 Å². The Kier molecular flexibility index (Phi) is 4.81. The average Bonchev–Trinajstić information content (AvgIpc) is 3.12. The third kappa shape index (κ3) is 3.85. The minimum absolute atomic E-state index is 0.157. The van der Waals surface area contributed by atoms with Gasteiger partial charge in [0.1, 0.15) is 17.1 Å². The standard InChI is InChI=1S/C20H11BrFN3O4/c21-16-9-15(25(27)28)7-12(19(16)26)10-23-14-4-5-18-17(8-14)24-20(29-18)11-2-1-3-13(22)6-11/h1-10,26H. The summed E-state index contributed by atoms with van der Waals surface area (Å²) in [6, 6.07) is 13.3. The maximum Gasteiger partial charge on any atom is 0.271 e. The van der Waals surface area contributed by atoms with Crippen molar-refractivity contribution < 1.29 is 18.8 Å². The maximum atomic E-state index is 13.4. The lowest BCUT2D eigenvalue weighted by molar-refractivity contribution is -0.385. The van der Waals surface area contributed by atoms with Crippen molar-refractivity contribution in [2.45, 2.75) is 0 Å². The summed E-state index contributed by atoms with van der Waals surface area (Å²) in [5.41, 5.74) is 2.04. The first kappa shape index (κ1) is 18.8. The second-order valence-corrected chi connectivity index (χ2v) is 6.92. The van der Waals surface area contributed by atoms with Gasteiger partial charge >= 0.3 is 0 Å². The van der Waals surface area contributed by atoms with E-state index in [-0.39, 0.29) is 27.4 Å². The normalized spacial score (nSPS) is 11.4. The Bertz CT molecular complexity index is 1290. The second kappa shape index (κ2) is 7.44. The zero-order chi connectivity index (χ0) is 20.5. The van der Waals surface area contributed by atoms with Gasteiger partial charge in [-0.3, -0.25) is 15.1 Å². The largest absolute Gasteiger partial charge is 0.506 e. The van der Waals surface area contributed by atoms with Gasteiger partial charge in [0.25, 0.3) is 5.69 Å². The van der Waals surface area contributed by atoms with Gasteiger partial charge in [0.05, 0.1) is 15.1 Å². The van der Waals surface area contributed by atoms with Gasteiger partial charge in [-0.25, -0.2) is 9.37 Å². The van der Waals surface area contributed by atoms with Crippen LogP contribution in [0.1, 0.15) is 5.56 Å². The number of oxazole rings is 1. The Morgan fingerprint density at radius 3 is 2.79 bits per heavy atom. The topological polar surface area (TPSA) is 102 Å². The van der Waals surface area contributed by atoms with Gasteiger partial charge in [0, 0.05) is 29.5 Å². The van der Waals surface area contributed by atoms with E-state index in [4.69, 9.17) is 4.42 Å². The van der Waals surface area contributed by atoms with Crippen molar-refractivity contribution in [2.75, 3.05) is 0 Å². The number of hydrogen-bond acceptors (Lipinski definition) is 6. The first-order valence-corrected chi connectivity index (χ1v) is 9.07. The molecule has 4 aromatic rings. The van der Waals surface area contributed by atoms with Crippen LogP contribution in [-0.2, 0) is 0 Å². The summed E-state index contributed by atoms with van der Waals surface area (Å²) in [6.07, 6.45) is 1.32. The van der Waals surface area contributed by atoms with E-state index in [2.05, 4.69) is 25.9 Å². The lowest BCUT2D eigenvalue weighted by Crippen LogP contribution is -1.91. The van der Waals surface area contributed by atoms with Crippen molar-refractivity contribution >= 4 is 44.6 Å². The fourth-order valence-electron chi connectivity index (χ4n) is 2.69. The Morgan fingerprint density at radius 1 is 1.21 bits per heavy atom. The van der Waals surface area contributed by atoms with Crippen LogP contribution in [0.25, 0.3) is 22.6 Å². The smallest absolute Gasteiger partial charge is 0.271 e. The molecule has 7 nitrogen and oxygen atoms in total. The molecule has 1 N–H and O–H groups in total. The third-order valence-electron chi connectivity index (χ3n) is 4.08. The average molecular weight is 456 g/mol. The number of aliphatic imine (C=N–C) groups is 1. The molecule has 1 heterocycles. The van der Waals surface area contributed by atoms with Gasteiger partial charge in [-0.15, -0.1) is 0 Å². The van der Waals surface area contributed by atoms with E-state index in [1.807, 2.05) is 0 Å². The molecule has 0 atom stereocenters. The second-order valence-electron chi connectivity index (χ2n) is 6.06. The maximum absolute atomic E-state index is 13.4. The van der Waals surface area contributed by atoms with Crippen molar-refractivity contribution in [3.8, 4) is 17.2 Å². The van der Waals surface area contributed by atoms with E-state index in [0.717, 1.165) is 0 Å². The lowest BCUT2D eigenvalue weighted by Gasteiger charge is -2.02. The van der Waals surface area contributed by atoms with E-state index in [0.29, 0.717) is 22.4 Å². The Balaban J connectivity index is 1.68. The first-order chi connectivity index (χ1) is 13.9. The highest BCUT2D eigenvalue weighted by molar-refractivity contribution is 9.10. The van der Waals surface area contributed by atoms with Crippen LogP contribution < -0.4 is 0 Å². The number of nitro benzene ring substituents is 1. The zero-order valence-electron chi connectivity index (χ0n) is 14.5. The van der Waals surface area contributed by atoms with Crippen molar-refractivity contribution in [1.82, 2.24) is 4.98 Å². The molecular formula is C20H11BrFN3O4. The molecule has 0 bridgehead atoms. The zero-order valence-corrected chi connectivity index (χ0v) is 16.1. The molecule has 0 fully saturated rings. The number of benzene rings is 3. The number of aromatic nitrogens is 1. The molecular weight excluding hydrogens is 445 g/mol. The summed E-state index contributed by atoms with van der Waals surface area (Å²) in [5, 5.41) is 21.1. The van der Waals surface area contributed by atoms with Crippen LogP contribution in [0.15, 0.2) is 68.5 Å². The molecule has 9 heteroatoms. The van der Waals surface area contributed by atoms with Crippen LogP contribution in [0.5, 0.6) is 5.75 Å². The van der Waals surface area contributed by atoms with Crippen LogP contribution in [0.2, 0.25) is 0 Å². The van der Waals surface area contributed by atoms with Crippen molar-refractivity contribution in [2.24, 2.45) is 4.99 Å². The van der Waals surface area contributed by atoms with Crippen LogP contribution >= 0.6 is 15.9 Å². The van der Waals surface area contributed by atoms with E-state index >= 15 is 0 Å². The number of halogens is 2. The summed E-state index contributed by atoms with van der Waals surface area (Å²) in [7, 11) is 0. The van der Waals surface area contributed by atoms with Gasteiger partial charge in [-0.1, -0.05) is 6.07 Å². The summed E-state index contributed by atoms with van der Waals surface area (Å²) < 4.78 is 19.3. The Morgan fingerprint density at radius 2 is 2.03 bits per heavy atom. The molecule has 29 heavy (non-hydrogen) atoms. The molecule has 0 aliphatic heterocycles. The van der Waals surface area contributed by atoms with Gasteiger partial charge in [0.15, 0.2) is 5.58 Å². The number of phenols is 1. The van der Waals surface area contributed by atoms with Crippen LogP contribution in [0.3, 0.4) is 0 Å². The van der Waals surface area contributed by atoms with Crippen molar-refractivity contribution in [1.29, 1.82) is 0 Å². The van der Waals surface area contributed by atoms with Gasteiger partial charge in [-0.05, 0) is 52.3 Å². The SMILES string of the molecule is O=[N+]([O-])c1cc(Br)c(O)c(C=Nc2ccc3oc(-c4cccc(F)c4)nc3c2)c1. The summed E-state index contributed by atoms with van der Waals surface area (Å²) in [4.78, 5) is 19.0. The summed E-state index contributed by atoms with van der Waals surface area (Å²) in [5.74, 6) is -0.269. The number of nitrogens with zero attached hydrogens (tertiary/aromatic N) is 3. The molecule has 0 aliphatic carbocycles. The summed E-state index contributed by atoms with van der Waals surface area (Å²) in [6.45, 7) is 0. The van der Waals surface area contributed by atoms with Crippen molar-refractivity contribution in [3.63, 3.8) is 0 Å². The van der Waals surface area contributed by atoms with Crippen LogP contribution in [0, 0.1) is 15.9 Å². The van der Waals surface area contributed by atoms with Crippen molar-refractivity contribution in [3.05, 3.63) is 80.6 Å². The molecule has 0 amide bonds. The monoisotopic (exact) mass is 455 g/mol. The predicted molar refractivity (Wildman–Crippen MR) is 109 cm³/mol. The third-order valence-corrected chi connectivity index (χ3v) is 4.69.